The van der Waals surface area contributed by atoms with Crippen LogP contribution in [0.2, 0.25) is 0 Å². The predicted octanol–water partition coefficient (Wildman–Crippen LogP) is 4.80. The zero-order valence-electron chi connectivity index (χ0n) is 13.1. The average Bonchev–Trinajstić information content (AvgIpc) is 2.89. The molecule has 22 heavy (non-hydrogen) atoms. The summed E-state index contributed by atoms with van der Waals surface area (Å²) in [5, 5.41) is 6.19. The van der Waals surface area contributed by atoms with Crippen LogP contribution >= 0.6 is 11.3 Å². The Kier molecular flexibility index (Phi) is 4.20. The van der Waals surface area contributed by atoms with Gasteiger partial charge in [-0.3, -0.25) is 0 Å². The number of thiazole rings is 1. The molecule has 3 rings (SSSR count). The van der Waals surface area contributed by atoms with E-state index in [0.29, 0.717) is 0 Å². The molecule has 2 heterocycles. The number of aromatic nitrogens is 2. The number of rotatable bonds is 4. The molecule has 0 amide bonds. The van der Waals surface area contributed by atoms with Crippen LogP contribution in [0.25, 0.3) is 0 Å². The normalized spacial score (nSPS) is 10.7. The number of pyridine rings is 1. The van der Waals surface area contributed by atoms with Crippen LogP contribution in [0.5, 0.6) is 0 Å². The lowest BCUT2D eigenvalue weighted by Gasteiger charge is -2.10. The second kappa shape index (κ2) is 6.28. The van der Waals surface area contributed by atoms with Crippen LogP contribution in [-0.2, 0) is 6.42 Å². The van der Waals surface area contributed by atoms with E-state index in [2.05, 4.69) is 59.5 Å². The Morgan fingerprint density at radius 3 is 2.55 bits per heavy atom. The fourth-order valence-electron chi connectivity index (χ4n) is 2.51. The number of anilines is 2. The minimum absolute atomic E-state index is 0.845. The molecule has 0 spiro atoms. The van der Waals surface area contributed by atoms with Crippen LogP contribution in [0.15, 0.2) is 41.9 Å². The molecular weight excluding hydrogens is 290 g/mol. The first kappa shape index (κ1) is 14.7. The molecular formula is C18H19N3S. The van der Waals surface area contributed by atoms with Gasteiger partial charge in [0.1, 0.15) is 5.82 Å². The monoisotopic (exact) mass is 309 g/mol. The van der Waals surface area contributed by atoms with Gasteiger partial charge >= 0.3 is 0 Å². The van der Waals surface area contributed by atoms with Gasteiger partial charge in [0.2, 0.25) is 0 Å². The van der Waals surface area contributed by atoms with Gasteiger partial charge in [-0.25, -0.2) is 9.97 Å². The van der Waals surface area contributed by atoms with Gasteiger partial charge in [0.05, 0.1) is 5.69 Å². The van der Waals surface area contributed by atoms with Crippen molar-refractivity contribution in [3.05, 3.63) is 69.9 Å². The number of benzene rings is 1. The summed E-state index contributed by atoms with van der Waals surface area (Å²) in [7, 11) is 0. The molecule has 0 aliphatic heterocycles. The second-order valence-corrected chi connectivity index (χ2v) is 6.37. The van der Waals surface area contributed by atoms with Crippen molar-refractivity contribution in [2.75, 3.05) is 5.32 Å². The molecule has 0 aliphatic carbocycles. The average molecular weight is 309 g/mol. The lowest BCUT2D eigenvalue weighted by Crippen LogP contribution is -1.98. The first-order valence-electron chi connectivity index (χ1n) is 7.31. The van der Waals surface area contributed by atoms with Crippen LogP contribution in [-0.4, -0.2) is 9.97 Å². The van der Waals surface area contributed by atoms with Gasteiger partial charge in [0.25, 0.3) is 0 Å². The largest absolute Gasteiger partial charge is 0.316 e. The first-order chi connectivity index (χ1) is 10.6. The number of nitrogens with zero attached hydrogens (tertiary/aromatic N) is 2. The maximum atomic E-state index is 4.42. The highest BCUT2D eigenvalue weighted by Gasteiger charge is 2.06. The van der Waals surface area contributed by atoms with Gasteiger partial charge in [0.15, 0.2) is 5.13 Å². The Bertz CT molecular complexity index is 772. The zero-order chi connectivity index (χ0) is 15.5. The minimum atomic E-state index is 0.845. The van der Waals surface area contributed by atoms with E-state index in [4.69, 9.17) is 0 Å². The first-order valence-corrected chi connectivity index (χ1v) is 8.19. The van der Waals surface area contributed by atoms with E-state index in [1.54, 1.807) is 11.3 Å². The summed E-state index contributed by atoms with van der Waals surface area (Å²) in [4.78, 5) is 8.80. The Hall–Kier alpha value is -2.20. The Labute approximate surface area is 135 Å². The third kappa shape index (κ3) is 3.34. The van der Waals surface area contributed by atoms with E-state index < -0.39 is 0 Å². The Balaban J connectivity index is 1.82. The van der Waals surface area contributed by atoms with Gasteiger partial charge in [-0.1, -0.05) is 18.2 Å². The standard InChI is InChI=1S/C18H19N3S/c1-12-5-4-6-13(2)16(12)9-15-7-8-19-17(10-15)21-18-20-14(3)11-22-18/h4-8,10-11H,9H2,1-3H3,(H,19,20,21). The van der Waals surface area contributed by atoms with E-state index >= 15 is 0 Å². The van der Waals surface area contributed by atoms with Gasteiger partial charge < -0.3 is 5.32 Å². The summed E-state index contributed by atoms with van der Waals surface area (Å²) >= 11 is 1.60. The van der Waals surface area contributed by atoms with E-state index in [0.717, 1.165) is 23.1 Å². The van der Waals surface area contributed by atoms with Crippen molar-refractivity contribution >= 4 is 22.3 Å². The highest BCUT2D eigenvalue weighted by atomic mass is 32.1. The van der Waals surface area contributed by atoms with E-state index in [9.17, 15) is 0 Å². The molecule has 0 radical (unpaired) electrons. The molecule has 3 aromatic rings. The lowest BCUT2D eigenvalue weighted by atomic mass is 9.97. The fraction of sp³-hybridized carbons (Fsp3) is 0.222. The quantitative estimate of drug-likeness (QED) is 0.752. The van der Waals surface area contributed by atoms with Crippen LogP contribution in [0, 0.1) is 20.8 Å². The maximum Gasteiger partial charge on any atom is 0.188 e. The lowest BCUT2D eigenvalue weighted by molar-refractivity contribution is 1.11. The number of hydrogen-bond acceptors (Lipinski definition) is 4. The van der Waals surface area contributed by atoms with Crippen LogP contribution in [0.3, 0.4) is 0 Å². The molecule has 0 fully saturated rings. The van der Waals surface area contributed by atoms with Crippen molar-refractivity contribution in [2.45, 2.75) is 27.2 Å². The molecule has 0 bridgehead atoms. The van der Waals surface area contributed by atoms with Crippen molar-refractivity contribution in [1.82, 2.24) is 9.97 Å². The molecule has 112 valence electrons. The van der Waals surface area contributed by atoms with Gasteiger partial charge in [-0.2, -0.15) is 0 Å². The number of nitrogens with one attached hydrogen (secondary N) is 1. The molecule has 0 unspecified atom stereocenters. The Morgan fingerprint density at radius 1 is 1.09 bits per heavy atom. The highest BCUT2D eigenvalue weighted by molar-refractivity contribution is 7.13. The topological polar surface area (TPSA) is 37.8 Å². The minimum Gasteiger partial charge on any atom is -0.316 e. The van der Waals surface area contributed by atoms with Crippen molar-refractivity contribution in [1.29, 1.82) is 0 Å². The third-order valence-electron chi connectivity index (χ3n) is 3.70. The number of hydrogen-bond donors (Lipinski definition) is 1. The fourth-order valence-corrected chi connectivity index (χ4v) is 3.20. The predicted molar refractivity (Wildman–Crippen MR) is 93.1 cm³/mol. The molecule has 0 saturated carbocycles. The van der Waals surface area contributed by atoms with Crippen molar-refractivity contribution in [3.63, 3.8) is 0 Å². The summed E-state index contributed by atoms with van der Waals surface area (Å²) < 4.78 is 0. The zero-order valence-corrected chi connectivity index (χ0v) is 13.9. The van der Waals surface area contributed by atoms with Crippen LogP contribution < -0.4 is 5.32 Å². The van der Waals surface area contributed by atoms with Crippen molar-refractivity contribution < 1.29 is 0 Å². The molecule has 2 aromatic heterocycles. The molecule has 1 N–H and O–H groups in total. The maximum absolute atomic E-state index is 4.42. The summed E-state index contributed by atoms with van der Waals surface area (Å²) in [5.41, 5.74) is 6.34. The SMILES string of the molecule is Cc1csc(Nc2cc(Cc3c(C)cccc3C)ccn2)n1. The van der Waals surface area contributed by atoms with Gasteiger partial charge in [-0.05, 0) is 61.6 Å². The summed E-state index contributed by atoms with van der Waals surface area (Å²) in [5.74, 6) is 0.845. The molecule has 0 atom stereocenters. The second-order valence-electron chi connectivity index (χ2n) is 5.52. The number of aryl methyl sites for hydroxylation is 3. The molecule has 3 nitrogen and oxygen atoms in total. The molecule has 4 heteroatoms. The van der Waals surface area contributed by atoms with Crippen LogP contribution in [0.4, 0.5) is 10.9 Å². The van der Waals surface area contributed by atoms with Crippen molar-refractivity contribution in [2.24, 2.45) is 0 Å². The molecule has 0 saturated heterocycles. The highest BCUT2D eigenvalue weighted by Crippen LogP contribution is 2.22. The van der Waals surface area contributed by atoms with E-state index in [1.807, 2.05) is 18.5 Å². The smallest absolute Gasteiger partial charge is 0.188 e. The van der Waals surface area contributed by atoms with Crippen LogP contribution in [0.1, 0.15) is 27.9 Å². The van der Waals surface area contributed by atoms with Gasteiger partial charge in [0, 0.05) is 11.6 Å². The van der Waals surface area contributed by atoms with E-state index in [-0.39, 0.29) is 0 Å². The Morgan fingerprint density at radius 2 is 1.86 bits per heavy atom. The summed E-state index contributed by atoms with van der Waals surface area (Å²) in [6.45, 7) is 6.33. The van der Waals surface area contributed by atoms with E-state index in [1.165, 1.54) is 22.3 Å². The van der Waals surface area contributed by atoms with Gasteiger partial charge in [-0.15, -0.1) is 11.3 Å². The summed E-state index contributed by atoms with van der Waals surface area (Å²) in [6, 6.07) is 10.6. The summed E-state index contributed by atoms with van der Waals surface area (Å²) in [6.07, 6.45) is 2.78. The molecule has 0 aliphatic rings. The van der Waals surface area contributed by atoms with Crippen molar-refractivity contribution in [3.8, 4) is 0 Å². The third-order valence-corrected chi connectivity index (χ3v) is 4.58. The molecule has 1 aromatic carbocycles.